The van der Waals surface area contributed by atoms with Crippen LogP contribution in [0.1, 0.15) is 6.92 Å². The maximum absolute atomic E-state index is 11.3. The van der Waals surface area contributed by atoms with Crippen molar-refractivity contribution in [2.24, 2.45) is 0 Å². The summed E-state index contributed by atoms with van der Waals surface area (Å²) in [6, 6.07) is 0. The van der Waals surface area contributed by atoms with Crippen LogP contribution in [0.5, 0.6) is 0 Å². The summed E-state index contributed by atoms with van der Waals surface area (Å²) in [5, 5.41) is 0. The minimum absolute atomic E-state index is 0.824. The number of rotatable bonds is 0. The molecule has 0 atom stereocenters. The molecule has 0 N–H and O–H groups in total. The van der Waals surface area contributed by atoms with Crippen molar-refractivity contribution in [1.82, 2.24) is 0 Å². The van der Waals surface area contributed by atoms with Crippen LogP contribution in [0.3, 0.4) is 0 Å². The lowest BCUT2D eigenvalue weighted by Crippen LogP contribution is -1.56. The zero-order valence-corrected chi connectivity index (χ0v) is 4.72. The molecule has 0 rings (SSSR count). The first kappa shape index (κ1) is 6.08. The van der Waals surface area contributed by atoms with E-state index < -0.39 is 10.6 Å². The molecule has 6 heavy (non-hydrogen) atoms. The predicted molar refractivity (Wildman–Crippen MR) is 23.8 cm³/mol. The van der Waals surface area contributed by atoms with E-state index in [0.29, 0.717) is 0 Å². The van der Waals surface area contributed by atoms with E-state index in [1.807, 2.05) is 0 Å². The predicted octanol–water partition coefficient (Wildman–Crippen LogP) is 2.51. The molecule has 0 nitrogen and oxygen atoms in total. The third-order valence-corrected chi connectivity index (χ3v) is 0.807. The molecular weight excluding hydrogens is 154 g/mol. The largest absolute Gasteiger partial charge is 0.208 e. The van der Waals surface area contributed by atoms with Gasteiger partial charge in [-0.25, -0.2) is 4.39 Å². The van der Waals surface area contributed by atoms with Crippen LogP contribution in [0, 0.1) is 0 Å². The summed E-state index contributed by atoms with van der Waals surface area (Å²) in [6.07, 6.45) is 0. The summed E-state index contributed by atoms with van der Waals surface area (Å²) in [5.74, 6) is -0.824. The van der Waals surface area contributed by atoms with Crippen LogP contribution in [0.4, 0.5) is 8.78 Å². The standard InChI is InChI=1S/C3H3BrF2/c1-2(5)3(4)6/h1H3. The monoisotopic (exact) mass is 156 g/mol. The van der Waals surface area contributed by atoms with Crippen LogP contribution in [0.25, 0.3) is 0 Å². The van der Waals surface area contributed by atoms with Gasteiger partial charge in [0.25, 0.3) is 0 Å². The summed E-state index contributed by atoms with van der Waals surface area (Å²) < 4.78 is 21.6. The van der Waals surface area contributed by atoms with Gasteiger partial charge in [-0.2, -0.15) is 4.39 Å². The molecule has 3 heteroatoms. The van der Waals surface area contributed by atoms with E-state index in [1.165, 1.54) is 0 Å². The molecule has 0 aliphatic carbocycles. The summed E-state index contributed by atoms with van der Waals surface area (Å²) in [4.78, 5) is 0. The van der Waals surface area contributed by atoms with Gasteiger partial charge in [-0.05, 0) is 22.9 Å². The van der Waals surface area contributed by atoms with Crippen molar-refractivity contribution >= 4 is 15.9 Å². The van der Waals surface area contributed by atoms with Gasteiger partial charge in [-0.3, -0.25) is 0 Å². The fourth-order valence-corrected chi connectivity index (χ4v) is 0. The molecular formula is C3H3BrF2. The Balaban J connectivity index is 3.68. The lowest BCUT2D eigenvalue weighted by molar-refractivity contribution is 0.577. The van der Waals surface area contributed by atoms with Crippen molar-refractivity contribution in [3.8, 4) is 0 Å². The van der Waals surface area contributed by atoms with E-state index in [-0.39, 0.29) is 0 Å². The SMILES string of the molecule is CC(F)=C(F)Br. The Morgan fingerprint density at radius 3 is 1.67 bits per heavy atom. The van der Waals surface area contributed by atoms with Gasteiger partial charge in [0.15, 0.2) is 4.74 Å². The molecule has 0 radical (unpaired) electrons. The lowest BCUT2D eigenvalue weighted by Gasteiger charge is -1.76. The van der Waals surface area contributed by atoms with Crippen LogP contribution in [0.2, 0.25) is 0 Å². The number of allylic oxidation sites excluding steroid dienone is 1. The van der Waals surface area contributed by atoms with Gasteiger partial charge in [0.05, 0.1) is 0 Å². The fourth-order valence-electron chi connectivity index (χ4n) is 0. The van der Waals surface area contributed by atoms with Crippen molar-refractivity contribution in [2.75, 3.05) is 0 Å². The molecule has 0 spiro atoms. The topological polar surface area (TPSA) is 0 Å². The van der Waals surface area contributed by atoms with E-state index in [0.717, 1.165) is 6.92 Å². The van der Waals surface area contributed by atoms with Crippen LogP contribution in [-0.4, -0.2) is 0 Å². The first-order chi connectivity index (χ1) is 2.64. The van der Waals surface area contributed by atoms with Gasteiger partial charge >= 0.3 is 0 Å². The zero-order valence-electron chi connectivity index (χ0n) is 3.13. The summed E-state index contributed by atoms with van der Waals surface area (Å²) >= 11 is 2.28. The molecule has 0 saturated heterocycles. The highest BCUT2D eigenvalue weighted by Gasteiger charge is 1.89. The van der Waals surface area contributed by atoms with Gasteiger partial charge in [-0.15, -0.1) is 0 Å². The highest BCUT2D eigenvalue weighted by molar-refractivity contribution is 9.11. The molecule has 0 aromatic heterocycles. The van der Waals surface area contributed by atoms with Crippen molar-refractivity contribution in [3.63, 3.8) is 0 Å². The van der Waals surface area contributed by atoms with E-state index in [4.69, 9.17) is 0 Å². The summed E-state index contributed by atoms with van der Waals surface area (Å²) in [5.41, 5.74) is 0. The second-order valence-corrected chi connectivity index (χ2v) is 1.49. The van der Waals surface area contributed by atoms with Crippen molar-refractivity contribution in [1.29, 1.82) is 0 Å². The quantitative estimate of drug-likeness (QED) is 0.506. The molecule has 36 valence electrons. The summed E-state index contributed by atoms with van der Waals surface area (Å²) in [6.45, 7) is 1.03. The van der Waals surface area contributed by atoms with Gasteiger partial charge in [0, 0.05) is 0 Å². The van der Waals surface area contributed by atoms with Gasteiger partial charge in [-0.1, -0.05) is 0 Å². The molecule has 0 aromatic carbocycles. The van der Waals surface area contributed by atoms with E-state index in [2.05, 4.69) is 15.9 Å². The summed E-state index contributed by atoms with van der Waals surface area (Å²) in [7, 11) is 0. The minimum Gasteiger partial charge on any atom is -0.208 e. The molecule has 0 aliphatic heterocycles. The molecule has 0 heterocycles. The fraction of sp³-hybridized carbons (Fsp3) is 0.333. The third kappa shape index (κ3) is 2.33. The Kier molecular flexibility index (Phi) is 2.32. The normalized spacial score (nSPS) is 14.0. The number of hydrogen-bond acceptors (Lipinski definition) is 0. The first-order valence-electron chi connectivity index (χ1n) is 1.32. The Morgan fingerprint density at radius 2 is 1.67 bits per heavy atom. The number of halogens is 3. The van der Waals surface area contributed by atoms with E-state index in [1.54, 1.807) is 0 Å². The first-order valence-corrected chi connectivity index (χ1v) is 2.11. The van der Waals surface area contributed by atoms with E-state index >= 15 is 0 Å². The second-order valence-electron chi connectivity index (χ2n) is 0.794. The Labute approximate surface area is 43.0 Å². The Hall–Kier alpha value is 0.0800. The molecule has 0 saturated carbocycles. The highest BCUT2D eigenvalue weighted by atomic mass is 79.9. The van der Waals surface area contributed by atoms with Gasteiger partial charge in [0.2, 0.25) is 0 Å². The number of hydrogen-bond donors (Lipinski definition) is 0. The second kappa shape index (κ2) is 2.29. The molecule has 0 bridgehead atoms. The Bertz CT molecular complexity index is 58.9. The van der Waals surface area contributed by atoms with Crippen LogP contribution < -0.4 is 0 Å². The average molecular weight is 157 g/mol. The van der Waals surface area contributed by atoms with Crippen molar-refractivity contribution in [3.05, 3.63) is 10.6 Å². The highest BCUT2D eigenvalue weighted by Crippen LogP contribution is 2.12. The van der Waals surface area contributed by atoms with Gasteiger partial charge < -0.3 is 0 Å². The van der Waals surface area contributed by atoms with Crippen LogP contribution in [-0.2, 0) is 0 Å². The maximum atomic E-state index is 11.3. The smallest absolute Gasteiger partial charge is 0.196 e. The lowest BCUT2D eigenvalue weighted by atomic mass is 10.7. The average Bonchev–Trinajstić information content (AvgIpc) is 1.36. The molecule has 0 fully saturated rings. The molecule has 0 amide bonds. The van der Waals surface area contributed by atoms with Crippen molar-refractivity contribution < 1.29 is 8.78 Å². The van der Waals surface area contributed by atoms with Crippen LogP contribution >= 0.6 is 15.9 Å². The minimum atomic E-state index is -0.928. The van der Waals surface area contributed by atoms with Gasteiger partial charge in [0.1, 0.15) is 5.83 Å². The zero-order chi connectivity index (χ0) is 5.15. The third-order valence-electron chi connectivity index (χ3n) is 0.260. The molecule has 0 aliphatic rings. The molecule has 0 aromatic rings. The maximum Gasteiger partial charge on any atom is 0.196 e. The van der Waals surface area contributed by atoms with Crippen molar-refractivity contribution in [2.45, 2.75) is 6.92 Å². The molecule has 0 unspecified atom stereocenters. The Morgan fingerprint density at radius 1 is 1.50 bits per heavy atom. The van der Waals surface area contributed by atoms with Crippen LogP contribution in [0.15, 0.2) is 10.6 Å². The van der Waals surface area contributed by atoms with E-state index in [9.17, 15) is 8.78 Å².